The number of unbranched alkanes of at least 4 members (excludes halogenated alkanes) is 1. The van der Waals surface area contributed by atoms with Crippen LogP contribution in [0, 0.1) is 5.92 Å². The van der Waals surface area contributed by atoms with Gasteiger partial charge in [-0.05, 0) is 49.3 Å². The molecule has 0 unspecified atom stereocenters. The number of hydrogen-bond acceptors (Lipinski definition) is 2. The van der Waals surface area contributed by atoms with E-state index in [4.69, 9.17) is 9.59 Å². The van der Waals surface area contributed by atoms with Crippen LogP contribution in [0.4, 0.5) is 0 Å². The van der Waals surface area contributed by atoms with Crippen molar-refractivity contribution < 1.29 is 9.59 Å². The molecule has 0 N–H and O–H groups in total. The summed E-state index contributed by atoms with van der Waals surface area (Å²) in [6.45, 7) is 11.2. The molecule has 1 aromatic rings. The molecule has 0 aromatic heterocycles. The Hall–Kier alpha value is -1.66. The molecule has 0 amide bonds. The van der Waals surface area contributed by atoms with Gasteiger partial charge in [0.15, 0.2) is 0 Å². The third-order valence-electron chi connectivity index (χ3n) is 3.17. The van der Waals surface area contributed by atoms with Crippen LogP contribution in [0.25, 0.3) is 5.57 Å². The van der Waals surface area contributed by atoms with E-state index >= 15 is 0 Å². The number of allylic oxidation sites excluding steroid dienone is 2. The van der Waals surface area contributed by atoms with Crippen LogP contribution in [0.2, 0.25) is 0 Å². The Morgan fingerprint density at radius 2 is 1.80 bits per heavy atom. The molecule has 0 heterocycles. The zero-order valence-corrected chi connectivity index (χ0v) is 13.3. The summed E-state index contributed by atoms with van der Waals surface area (Å²) in [6.07, 6.45) is 4.01. The average molecular weight is 274 g/mol. The predicted octanol–water partition coefficient (Wildman–Crippen LogP) is 4.90. The van der Waals surface area contributed by atoms with Crippen molar-refractivity contribution >= 4 is 11.7 Å². The van der Waals surface area contributed by atoms with E-state index in [-0.39, 0.29) is 6.15 Å². The molecule has 0 aliphatic rings. The van der Waals surface area contributed by atoms with Crippen molar-refractivity contribution in [1.82, 2.24) is 0 Å². The minimum Gasteiger partial charge on any atom is -0.186 e. The first-order chi connectivity index (χ1) is 9.47. The van der Waals surface area contributed by atoms with Crippen LogP contribution in [0.1, 0.15) is 58.6 Å². The summed E-state index contributed by atoms with van der Waals surface area (Å²) in [5.74, 6) is 0.599. The summed E-state index contributed by atoms with van der Waals surface area (Å²) in [6, 6.07) is 9.07. The van der Waals surface area contributed by atoms with Gasteiger partial charge in [0.1, 0.15) is 0 Å². The molecule has 0 spiro atoms. The molecule has 20 heavy (non-hydrogen) atoms. The van der Waals surface area contributed by atoms with E-state index < -0.39 is 0 Å². The molecule has 110 valence electrons. The Morgan fingerprint density at radius 3 is 2.25 bits per heavy atom. The standard InChI is InChI=1S/C17H26.CO2/c1-6-7-9-15-10-8-11-16(12-15)17(13(2)3)14(4)5;2-1-3/h8,10-13H,6-7,9H2,1-5H3;. The molecule has 0 saturated heterocycles. The van der Waals surface area contributed by atoms with Crippen LogP contribution in [0.15, 0.2) is 29.8 Å². The lowest BCUT2D eigenvalue weighted by Crippen LogP contribution is -1.97. The van der Waals surface area contributed by atoms with Crippen LogP contribution in [-0.4, -0.2) is 6.15 Å². The van der Waals surface area contributed by atoms with E-state index in [1.165, 1.54) is 41.5 Å². The second kappa shape index (κ2) is 10.2. The molecule has 0 bridgehead atoms. The SMILES string of the molecule is CCCCc1cccc(C(=C(C)C)C(C)C)c1.O=C=O. The first-order valence-corrected chi connectivity index (χ1v) is 7.23. The van der Waals surface area contributed by atoms with Crippen molar-refractivity contribution in [2.75, 3.05) is 0 Å². The third kappa shape index (κ3) is 6.49. The van der Waals surface area contributed by atoms with Gasteiger partial charge >= 0.3 is 6.15 Å². The topological polar surface area (TPSA) is 34.1 Å². The van der Waals surface area contributed by atoms with Crippen LogP contribution in [-0.2, 0) is 16.0 Å². The molecular weight excluding hydrogens is 248 g/mol. The third-order valence-corrected chi connectivity index (χ3v) is 3.17. The molecule has 1 aromatic carbocycles. The summed E-state index contributed by atoms with van der Waals surface area (Å²) in [5.41, 5.74) is 5.83. The van der Waals surface area contributed by atoms with Gasteiger partial charge in [-0.25, -0.2) is 0 Å². The van der Waals surface area contributed by atoms with Crippen LogP contribution < -0.4 is 0 Å². The molecule has 0 radical (unpaired) electrons. The molecule has 2 heteroatoms. The van der Waals surface area contributed by atoms with Crippen LogP contribution >= 0.6 is 0 Å². The minimum absolute atomic E-state index is 0.250. The Morgan fingerprint density at radius 1 is 1.20 bits per heavy atom. The van der Waals surface area contributed by atoms with E-state index in [9.17, 15) is 0 Å². The molecule has 0 atom stereocenters. The van der Waals surface area contributed by atoms with Crippen LogP contribution in [0.5, 0.6) is 0 Å². The molecule has 2 nitrogen and oxygen atoms in total. The smallest absolute Gasteiger partial charge is 0.186 e. The maximum Gasteiger partial charge on any atom is 0.373 e. The molecule has 0 saturated carbocycles. The lowest BCUT2D eigenvalue weighted by atomic mass is 9.90. The minimum atomic E-state index is 0.250. The number of carbonyl (C=O) groups excluding carboxylic acids is 2. The maximum atomic E-state index is 8.12. The second-order valence-corrected chi connectivity index (χ2v) is 5.46. The Labute approximate surface area is 122 Å². The number of hydrogen-bond donors (Lipinski definition) is 0. The van der Waals surface area contributed by atoms with Gasteiger partial charge in [0.25, 0.3) is 0 Å². The summed E-state index contributed by atoms with van der Waals surface area (Å²) < 4.78 is 0. The van der Waals surface area contributed by atoms with Crippen molar-refractivity contribution in [1.29, 1.82) is 0 Å². The van der Waals surface area contributed by atoms with Gasteiger partial charge in [-0.15, -0.1) is 0 Å². The fraction of sp³-hybridized carbons (Fsp3) is 0.500. The van der Waals surface area contributed by atoms with Crippen molar-refractivity contribution in [3.63, 3.8) is 0 Å². The van der Waals surface area contributed by atoms with Crippen LogP contribution in [0.3, 0.4) is 0 Å². The predicted molar refractivity (Wildman–Crippen MR) is 83.2 cm³/mol. The lowest BCUT2D eigenvalue weighted by Gasteiger charge is -2.15. The molecule has 0 aliphatic heterocycles. The Bertz CT molecular complexity index is 460. The average Bonchev–Trinajstić information content (AvgIpc) is 2.37. The summed E-state index contributed by atoms with van der Waals surface area (Å²) in [7, 11) is 0. The van der Waals surface area contributed by atoms with Crippen molar-refractivity contribution in [2.24, 2.45) is 5.92 Å². The zero-order chi connectivity index (χ0) is 15.5. The first kappa shape index (κ1) is 18.3. The highest BCUT2D eigenvalue weighted by Crippen LogP contribution is 2.27. The normalized spacial score (nSPS) is 9.50. The number of aryl methyl sites for hydroxylation is 1. The van der Waals surface area contributed by atoms with E-state index in [1.54, 1.807) is 0 Å². The van der Waals surface area contributed by atoms with E-state index in [0.717, 1.165) is 0 Å². The highest BCUT2D eigenvalue weighted by molar-refractivity contribution is 5.69. The van der Waals surface area contributed by atoms with Gasteiger partial charge in [0.2, 0.25) is 0 Å². The van der Waals surface area contributed by atoms with Crippen molar-refractivity contribution in [3.8, 4) is 0 Å². The van der Waals surface area contributed by atoms with Gasteiger partial charge in [0.05, 0.1) is 0 Å². The van der Waals surface area contributed by atoms with Gasteiger partial charge in [0, 0.05) is 0 Å². The van der Waals surface area contributed by atoms with Crippen molar-refractivity contribution in [3.05, 3.63) is 41.0 Å². The summed E-state index contributed by atoms with van der Waals surface area (Å²) in [4.78, 5) is 16.2. The van der Waals surface area contributed by atoms with Gasteiger partial charge in [-0.2, -0.15) is 9.59 Å². The first-order valence-electron chi connectivity index (χ1n) is 7.23. The fourth-order valence-electron chi connectivity index (χ4n) is 2.47. The number of rotatable bonds is 5. The number of benzene rings is 1. The zero-order valence-electron chi connectivity index (χ0n) is 13.3. The maximum absolute atomic E-state index is 8.12. The Kier molecular flexibility index (Phi) is 9.32. The van der Waals surface area contributed by atoms with E-state index in [1.807, 2.05) is 0 Å². The largest absolute Gasteiger partial charge is 0.373 e. The Balaban J connectivity index is 0.00000110. The van der Waals surface area contributed by atoms with Crippen molar-refractivity contribution in [2.45, 2.75) is 53.9 Å². The van der Waals surface area contributed by atoms with E-state index in [2.05, 4.69) is 58.9 Å². The fourth-order valence-corrected chi connectivity index (χ4v) is 2.47. The molecule has 0 aliphatic carbocycles. The van der Waals surface area contributed by atoms with Gasteiger partial charge in [-0.1, -0.05) is 57.0 Å². The molecular formula is C18H26O2. The monoisotopic (exact) mass is 274 g/mol. The van der Waals surface area contributed by atoms with E-state index in [0.29, 0.717) is 5.92 Å². The summed E-state index contributed by atoms with van der Waals surface area (Å²) >= 11 is 0. The highest BCUT2D eigenvalue weighted by atomic mass is 16.2. The quantitative estimate of drug-likeness (QED) is 0.765. The van der Waals surface area contributed by atoms with Gasteiger partial charge in [-0.3, -0.25) is 0 Å². The molecule has 1 rings (SSSR count). The highest BCUT2D eigenvalue weighted by Gasteiger charge is 2.08. The van der Waals surface area contributed by atoms with Gasteiger partial charge < -0.3 is 0 Å². The lowest BCUT2D eigenvalue weighted by molar-refractivity contribution is -0.191. The molecule has 0 fully saturated rings. The second-order valence-electron chi connectivity index (χ2n) is 5.46. The summed E-state index contributed by atoms with van der Waals surface area (Å²) in [5, 5.41) is 0.